The highest BCUT2D eigenvalue weighted by Crippen LogP contribution is 2.42. The molecule has 3 nitrogen and oxygen atoms in total. The van der Waals surface area contributed by atoms with Crippen LogP contribution in [-0.2, 0) is 4.74 Å². The van der Waals surface area contributed by atoms with Gasteiger partial charge in [0, 0.05) is 12.6 Å². The summed E-state index contributed by atoms with van der Waals surface area (Å²) in [5, 5.41) is 12.0. The Labute approximate surface area is 112 Å². The number of anilines is 1. The zero-order valence-corrected chi connectivity index (χ0v) is 10.8. The van der Waals surface area contributed by atoms with Crippen molar-refractivity contribution in [2.45, 2.75) is 43.7 Å². The molecule has 2 fully saturated rings. The van der Waals surface area contributed by atoms with Crippen molar-refractivity contribution in [2.75, 3.05) is 11.9 Å². The summed E-state index contributed by atoms with van der Waals surface area (Å²) in [4.78, 5) is 0. The largest absolute Gasteiger partial charge is 0.380 e. The Morgan fingerprint density at radius 2 is 2.26 bits per heavy atom. The standard InChI is InChI=1S/C15H17FN2O/c16-13-8-11(10-17)2-3-14(13)18-12-4-7-19-15(9-12)5-1-6-15/h2-3,8,12,18H,1,4-7,9H2. The zero-order chi connectivity index (χ0) is 13.3. The van der Waals surface area contributed by atoms with Crippen molar-refractivity contribution >= 4 is 5.69 Å². The molecule has 19 heavy (non-hydrogen) atoms. The highest BCUT2D eigenvalue weighted by Gasteiger charge is 2.42. The molecule has 0 bridgehead atoms. The van der Waals surface area contributed by atoms with Crippen LogP contribution in [0.4, 0.5) is 10.1 Å². The molecule has 0 radical (unpaired) electrons. The van der Waals surface area contributed by atoms with Gasteiger partial charge < -0.3 is 10.1 Å². The molecule has 1 unspecified atom stereocenters. The molecule has 1 aliphatic carbocycles. The second-order valence-corrected chi connectivity index (χ2v) is 5.53. The third-order valence-electron chi connectivity index (χ3n) is 4.22. The first kappa shape index (κ1) is 12.4. The maximum Gasteiger partial charge on any atom is 0.147 e. The van der Waals surface area contributed by atoms with Crippen LogP contribution in [0.5, 0.6) is 0 Å². The molecular weight excluding hydrogens is 243 g/mol. The molecular formula is C15H17FN2O. The first-order chi connectivity index (χ1) is 9.21. The average Bonchev–Trinajstić information content (AvgIpc) is 2.39. The number of nitriles is 1. The molecule has 1 aromatic carbocycles. The van der Waals surface area contributed by atoms with Crippen LogP contribution < -0.4 is 5.32 Å². The summed E-state index contributed by atoms with van der Waals surface area (Å²) >= 11 is 0. The first-order valence-corrected chi connectivity index (χ1v) is 6.81. The molecule has 1 N–H and O–H groups in total. The number of rotatable bonds is 2. The average molecular weight is 260 g/mol. The molecule has 1 saturated heterocycles. The van der Waals surface area contributed by atoms with Crippen molar-refractivity contribution in [3.05, 3.63) is 29.6 Å². The number of nitrogens with one attached hydrogen (secondary N) is 1. The Kier molecular flexibility index (Phi) is 3.16. The van der Waals surface area contributed by atoms with Gasteiger partial charge in [0.15, 0.2) is 0 Å². The Balaban J connectivity index is 1.69. The van der Waals surface area contributed by atoms with E-state index in [1.165, 1.54) is 12.5 Å². The van der Waals surface area contributed by atoms with E-state index < -0.39 is 0 Å². The molecule has 2 aliphatic rings. The smallest absolute Gasteiger partial charge is 0.147 e. The lowest BCUT2D eigenvalue weighted by atomic mass is 9.74. The molecule has 0 amide bonds. The molecule has 1 spiro atoms. The molecule has 1 aliphatic heterocycles. The Morgan fingerprint density at radius 3 is 2.89 bits per heavy atom. The lowest BCUT2D eigenvalue weighted by Gasteiger charge is -2.47. The van der Waals surface area contributed by atoms with Crippen LogP contribution in [0.25, 0.3) is 0 Å². The van der Waals surface area contributed by atoms with E-state index in [4.69, 9.17) is 10.00 Å². The summed E-state index contributed by atoms with van der Waals surface area (Å²) in [5.41, 5.74) is 0.893. The lowest BCUT2D eigenvalue weighted by molar-refractivity contribution is -0.130. The van der Waals surface area contributed by atoms with Gasteiger partial charge in [0.1, 0.15) is 5.82 Å². The van der Waals surface area contributed by atoms with Gasteiger partial charge in [-0.3, -0.25) is 0 Å². The van der Waals surface area contributed by atoms with Gasteiger partial charge in [-0.05, 0) is 50.3 Å². The highest BCUT2D eigenvalue weighted by atomic mass is 19.1. The fourth-order valence-corrected chi connectivity index (χ4v) is 2.99. The van der Waals surface area contributed by atoms with Crippen LogP contribution in [0.1, 0.15) is 37.7 Å². The summed E-state index contributed by atoms with van der Waals surface area (Å²) in [6, 6.07) is 6.77. The summed E-state index contributed by atoms with van der Waals surface area (Å²) in [7, 11) is 0. The van der Waals surface area contributed by atoms with Crippen LogP contribution in [-0.4, -0.2) is 18.2 Å². The fourth-order valence-electron chi connectivity index (χ4n) is 2.99. The predicted octanol–water partition coefficient (Wildman–Crippen LogP) is 3.21. The summed E-state index contributed by atoms with van der Waals surface area (Å²) in [6.45, 7) is 0.746. The monoisotopic (exact) mass is 260 g/mol. The Bertz CT molecular complexity index is 519. The molecule has 3 rings (SSSR count). The van der Waals surface area contributed by atoms with Gasteiger partial charge in [-0.25, -0.2) is 4.39 Å². The van der Waals surface area contributed by atoms with Gasteiger partial charge in [0.25, 0.3) is 0 Å². The maximum absolute atomic E-state index is 13.8. The van der Waals surface area contributed by atoms with Crippen LogP contribution in [0.3, 0.4) is 0 Å². The van der Waals surface area contributed by atoms with Crippen LogP contribution in [0.2, 0.25) is 0 Å². The van der Waals surface area contributed by atoms with E-state index in [2.05, 4.69) is 5.32 Å². The van der Waals surface area contributed by atoms with E-state index in [0.717, 1.165) is 32.3 Å². The maximum atomic E-state index is 13.8. The van der Waals surface area contributed by atoms with Crippen molar-refractivity contribution in [3.63, 3.8) is 0 Å². The lowest BCUT2D eigenvalue weighted by Crippen LogP contribution is -2.49. The second-order valence-electron chi connectivity index (χ2n) is 5.53. The number of hydrogen-bond donors (Lipinski definition) is 1. The number of benzene rings is 1. The van der Waals surface area contributed by atoms with E-state index >= 15 is 0 Å². The molecule has 4 heteroatoms. The number of hydrogen-bond acceptors (Lipinski definition) is 3. The van der Waals surface area contributed by atoms with Crippen LogP contribution in [0.15, 0.2) is 18.2 Å². The minimum atomic E-state index is -0.354. The molecule has 100 valence electrons. The second kappa shape index (κ2) is 4.82. The van der Waals surface area contributed by atoms with Gasteiger partial charge in [0.05, 0.1) is 22.9 Å². The van der Waals surface area contributed by atoms with E-state index in [1.807, 2.05) is 6.07 Å². The van der Waals surface area contributed by atoms with Gasteiger partial charge in [0.2, 0.25) is 0 Å². The van der Waals surface area contributed by atoms with Gasteiger partial charge in [-0.15, -0.1) is 0 Å². The Hall–Kier alpha value is -1.60. The van der Waals surface area contributed by atoms with E-state index in [9.17, 15) is 4.39 Å². The summed E-state index contributed by atoms with van der Waals surface area (Å²) < 4.78 is 19.7. The Morgan fingerprint density at radius 1 is 1.42 bits per heavy atom. The quantitative estimate of drug-likeness (QED) is 0.888. The normalized spacial score (nSPS) is 24.5. The third-order valence-corrected chi connectivity index (χ3v) is 4.22. The van der Waals surface area contributed by atoms with Crippen molar-refractivity contribution < 1.29 is 9.13 Å². The van der Waals surface area contributed by atoms with E-state index in [-0.39, 0.29) is 17.5 Å². The van der Waals surface area contributed by atoms with Crippen molar-refractivity contribution in [3.8, 4) is 6.07 Å². The van der Waals surface area contributed by atoms with E-state index in [0.29, 0.717) is 11.3 Å². The zero-order valence-electron chi connectivity index (χ0n) is 10.8. The number of halogens is 1. The fraction of sp³-hybridized carbons (Fsp3) is 0.533. The SMILES string of the molecule is N#Cc1ccc(NC2CCOC3(CCC3)C2)c(F)c1. The summed E-state index contributed by atoms with van der Waals surface area (Å²) in [5.74, 6) is -0.354. The predicted molar refractivity (Wildman–Crippen MR) is 70.3 cm³/mol. The number of nitrogens with zero attached hydrogens (tertiary/aromatic N) is 1. The van der Waals surface area contributed by atoms with Crippen molar-refractivity contribution in [2.24, 2.45) is 0 Å². The van der Waals surface area contributed by atoms with Crippen LogP contribution in [0, 0.1) is 17.1 Å². The summed E-state index contributed by atoms with van der Waals surface area (Å²) in [6.07, 6.45) is 5.34. The molecule has 1 atom stereocenters. The van der Waals surface area contributed by atoms with Crippen molar-refractivity contribution in [1.82, 2.24) is 0 Å². The van der Waals surface area contributed by atoms with Gasteiger partial charge in [-0.2, -0.15) is 5.26 Å². The minimum Gasteiger partial charge on any atom is -0.380 e. The third kappa shape index (κ3) is 2.43. The molecule has 0 aromatic heterocycles. The molecule has 1 aromatic rings. The highest BCUT2D eigenvalue weighted by molar-refractivity contribution is 5.49. The molecule has 1 saturated carbocycles. The number of ether oxygens (including phenoxy) is 1. The molecule has 1 heterocycles. The van der Waals surface area contributed by atoms with Gasteiger partial charge in [-0.1, -0.05) is 0 Å². The minimum absolute atomic E-state index is 0.0546. The topological polar surface area (TPSA) is 45.0 Å². The van der Waals surface area contributed by atoms with Gasteiger partial charge >= 0.3 is 0 Å². The van der Waals surface area contributed by atoms with Crippen LogP contribution >= 0.6 is 0 Å². The first-order valence-electron chi connectivity index (χ1n) is 6.81. The van der Waals surface area contributed by atoms with E-state index in [1.54, 1.807) is 12.1 Å². The van der Waals surface area contributed by atoms with Crippen molar-refractivity contribution in [1.29, 1.82) is 5.26 Å².